The summed E-state index contributed by atoms with van der Waals surface area (Å²) in [4.78, 5) is 28.5. The minimum absolute atomic E-state index is 0.0281. The minimum Gasteiger partial charge on any atom is -0.497 e. The first kappa shape index (κ1) is 17.5. The van der Waals surface area contributed by atoms with Gasteiger partial charge in [0.2, 0.25) is 0 Å². The number of hydrogen-bond acceptors (Lipinski definition) is 4. The molecule has 1 aromatic carbocycles. The molecular weight excluding hydrogens is 322 g/mol. The molecule has 3 amide bonds. The standard InChI is InChI=1S/C18H25N3O4/c1-24-16-6-2-4-14(12-16)17(22)20-7-9-21(10-8-20)18(23)19-15-5-3-11-25-13-15/h2,4,6,12,15H,3,5,7-11,13H2,1H3,(H,19,23)/t15-/m1/s1. The summed E-state index contributed by atoms with van der Waals surface area (Å²) in [5.74, 6) is 0.637. The molecule has 2 aliphatic rings. The number of hydrogen-bond donors (Lipinski definition) is 1. The van der Waals surface area contributed by atoms with Gasteiger partial charge >= 0.3 is 6.03 Å². The Kier molecular flexibility index (Phi) is 5.75. The molecule has 7 heteroatoms. The third kappa shape index (κ3) is 4.42. The van der Waals surface area contributed by atoms with E-state index in [-0.39, 0.29) is 18.0 Å². The van der Waals surface area contributed by atoms with Gasteiger partial charge in [-0.15, -0.1) is 0 Å². The molecule has 0 bridgehead atoms. The average molecular weight is 347 g/mol. The molecule has 0 aliphatic carbocycles. The first-order valence-electron chi connectivity index (χ1n) is 8.74. The van der Waals surface area contributed by atoms with Crippen LogP contribution in [0.4, 0.5) is 4.79 Å². The number of piperazine rings is 1. The highest BCUT2D eigenvalue weighted by molar-refractivity contribution is 5.94. The summed E-state index contributed by atoms with van der Waals surface area (Å²) in [6, 6.07) is 7.18. The molecule has 1 aromatic rings. The molecule has 136 valence electrons. The average Bonchev–Trinajstić information content (AvgIpc) is 2.68. The summed E-state index contributed by atoms with van der Waals surface area (Å²) in [6.45, 7) is 3.50. The lowest BCUT2D eigenvalue weighted by Gasteiger charge is -2.36. The van der Waals surface area contributed by atoms with E-state index in [4.69, 9.17) is 9.47 Å². The smallest absolute Gasteiger partial charge is 0.317 e. The van der Waals surface area contributed by atoms with Gasteiger partial charge in [-0.3, -0.25) is 4.79 Å². The fraction of sp³-hybridized carbons (Fsp3) is 0.556. The van der Waals surface area contributed by atoms with Crippen LogP contribution in [-0.2, 0) is 4.74 Å². The molecular formula is C18H25N3O4. The second-order valence-corrected chi connectivity index (χ2v) is 6.37. The van der Waals surface area contributed by atoms with Crippen LogP contribution < -0.4 is 10.1 Å². The van der Waals surface area contributed by atoms with Crippen LogP contribution in [0.15, 0.2) is 24.3 Å². The number of benzene rings is 1. The predicted octanol–water partition coefficient (Wildman–Crippen LogP) is 1.34. The lowest BCUT2D eigenvalue weighted by Crippen LogP contribution is -2.55. The molecule has 0 unspecified atom stereocenters. The molecule has 3 rings (SSSR count). The van der Waals surface area contributed by atoms with Crippen molar-refractivity contribution >= 4 is 11.9 Å². The summed E-state index contributed by atoms with van der Waals surface area (Å²) in [5, 5.41) is 3.02. The normalized spacial score (nSPS) is 20.9. The van der Waals surface area contributed by atoms with Crippen molar-refractivity contribution in [3.05, 3.63) is 29.8 Å². The van der Waals surface area contributed by atoms with Crippen molar-refractivity contribution in [2.75, 3.05) is 46.5 Å². The maximum absolute atomic E-state index is 12.6. The van der Waals surface area contributed by atoms with Gasteiger partial charge < -0.3 is 24.6 Å². The first-order valence-corrected chi connectivity index (χ1v) is 8.74. The van der Waals surface area contributed by atoms with Gasteiger partial charge in [-0.05, 0) is 31.0 Å². The Balaban J connectivity index is 1.50. The van der Waals surface area contributed by atoms with Crippen molar-refractivity contribution in [2.24, 2.45) is 0 Å². The van der Waals surface area contributed by atoms with Crippen molar-refractivity contribution < 1.29 is 19.1 Å². The number of carbonyl (C=O) groups is 2. The molecule has 0 saturated carbocycles. The van der Waals surface area contributed by atoms with Gasteiger partial charge in [-0.1, -0.05) is 6.07 Å². The topological polar surface area (TPSA) is 71.1 Å². The summed E-state index contributed by atoms with van der Waals surface area (Å²) < 4.78 is 10.6. The molecule has 2 fully saturated rings. The Hall–Kier alpha value is -2.28. The van der Waals surface area contributed by atoms with Crippen LogP contribution in [0.25, 0.3) is 0 Å². The fourth-order valence-electron chi connectivity index (χ4n) is 3.17. The highest BCUT2D eigenvalue weighted by atomic mass is 16.5. The molecule has 0 aromatic heterocycles. The van der Waals surface area contributed by atoms with Crippen LogP contribution in [0.1, 0.15) is 23.2 Å². The number of carbonyl (C=O) groups excluding carboxylic acids is 2. The van der Waals surface area contributed by atoms with Crippen molar-refractivity contribution in [3.8, 4) is 5.75 Å². The molecule has 7 nitrogen and oxygen atoms in total. The Morgan fingerprint density at radius 1 is 1.20 bits per heavy atom. The molecule has 0 spiro atoms. The third-order valence-corrected chi connectivity index (χ3v) is 4.66. The van der Waals surface area contributed by atoms with Gasteiger partial charge in [0.05, 0.1) is 19.8 Å². The Bertz CT molecular complexity index is 608. The molecule has 2 aliphatic heterocycles. The van der Waals surface area contributed by atoms with E-state index in [1.807, 2.05) is 12.1 Å². The number of amides is 3. The lowest BCUT2D eigenvalue weighted by molar-refractivity contribution is 0.0615. The molecule has 1 atom stereocenters. The van der Waals surface area contributed by atoms with Crippen molar-refractivity contribution in [1.82, 2.24) is 15.1 Å². The fourth-order valence-corrected chi connectivity index (χ4v) is 3.17. The summed E-state index contributed by atoms with van der Waals surface area (Å²) >= 11 is 0. The van der Waals surface area contributed by atoms with Crippen LogP contribution in [0.3, 0.4) is 0 Å². The molecule has 2 heterocycles. The second-order valence-electron chi connectivity index (χ2n) is 6.37. The summed E-state index contributed by atoms with van der Waals surface area (Å²) in [6.07, 6.45) is 1.94. The number of ether oxygens (including phenoxy) is 2. The lowest BCUT2D eigenvalue weighted by atomic mass is 10.1. The quantitative estimate of drug-likeness (QED) is 0.896. The van der Waals surface area contributed by atoms with E-state index in [0.717, 1.165) is 19.4 Å². The van der Waals surface area contributed by atoms with E-state index >= 15 is 0 Å². The zero-order chi connectivity index (χ0) is 17.6. The number of urea groups is 1. The van der Waals surface area contributed by atoms with Gasteiger partial charge in [-0.2, -0.15) is 0 Å². The largest absolute Gasteiger partial charge is 0.497 e. The van der Waals surface area contributed by atoms with Gasteiger partial charge in [-0.25, -0.2) is 4.79 Å². The number of nitrogens with one attached hydrogen (secondary N) is 1. The molecule has 2 saturated heterocycles. The highest BCUT2D eigenvalue weighted by Crippen LogP contribution is 2.16. The van der Waals surface area contributed by atoms with Crippen molar-refractivity contribution in [1.29, 1.82) is 0 Å². The number of rotatable bonds is 3. The van der Waals surface area contributed by atoms with E-state index in [9.17, 15) is 9.59 Å². The Labute approximate surface area is 147 Å². The van der Waals surface area contributed by atoms with Gasteiger partial charge in [0.1, 0.15) is 5.75 Å². The molecule has 25 heavy (non-hydrogen) atoms. The Morgan fingerprint density at radius 2 is 1.96 bits per heavy atom. The molecule has 0 radical (unpaired) electrons. The number of nitrogens with zero attached hydrogens (tertiary/aromatic N) is 2. The highest BCUT2D eigenvalue weighted by Gasteiger charge is 2.26. The Morgan fingerprint density at radius 3 is 2.64 bits per heavy atom. The van der Waals surface area contributed by atoms with E-state index in [1.54, 1.807) is 29.0 Å². The van der Waals surface area contributed by atoms with Crippen LogP contribution in [0, 0.1) is 0 Å². The first-order chi connectivity index (χ1) is 12.2. The second kappa shape index (κ2) is 8.20. The maximum atomic E-state index is 12.6. The van der Waals surface area contributed by atoms with Crippen LogP contribution in [0.5, 0.6) is 5.75 Å². The van der Waals surface area contributed by atoms with E-state index < -0.39 is 0 Å². The maximum Gasteiger partial charge on any atom is 0.317 e. The molecule has 1 N–H and O–H groups in total. The monoisotopic (exact) mass is 347 g/mol. The van der Waals surface area contributed by atoms with Gasteiger partial charge in [0.15, 0.2) is 0 Å². The van der Waals surface area contributed by atoms with Gasteiger partial charge in [0.25, 0.3) is 5.91 Å². The van der Waals surface area contributed by atoms with E-state index in [0.29, 0.717) is 44.1 Å². The summed E-state index contributed by atoms with van der Waals surface area (Å²) in [5.41, 5.74) is 0.608. The SMILES string of the molecule is COc1cccc(C(=O)N2CCN(C(=O)N[C@@H]3CCCOC3)CC2)c1. The zero-order valence-corrected chi connectivity index (χ0v) is 14.6. The predicted molar refractivity (Wildman–Crippen MR) is 92.8 cm³/mol. The van der Waals surface area contributed by atoms with E-state index in [1.165, 1.54) is 0 Å². The number of methoxy groups -OCH3 is 1. The zero-order valence-electron chi connectivity index (χ0n) is 14.6. The van der Waals surface area contributed by atoms with Crippen molar-refractivity contribution in [3.63, 3.8) is 0 Å². The van der Waals surface area contributed by atoms with Crippen LogP contribution >= 0.6 is 0 Å². The van der Waals surface area contributed by atoms with E-state index in [2.05, 4.69) is 5.32 Å². The van der Waals surface area contributed by atoms with Gasteiger partial charge in [0, 0.05) is 38.3 Å². The minimum atomic E-state index is -0.0658. The summed E-state index contributed by atoms with van der Waals surface area (Å²) in [7, 11) is 1.58. The third-order valence-electron chi connectivity index (χ3n) is 4.66. The van der Waals surface area contributed by atoms with Crippen LogP contribution in [-0.4, -0.2) is 74.3 Å². The van der Waals surface area contributed by atoms with Crippen molar-refractivity contribution in [2.45, 2.75) is 18.9 Å². The van der Waals surface area contributed by atoms with Crippen LogP contribution in [0.2, 0.25) is 0 Å².